The van der Waals surface area contributed by atoms with Gasteiger partial charge in [-0.1, -0.05) is 60.7 Å². The Morgan fingerprint density at radius 3 is 2.35 bits per heavy atom. The maximum absolute atomic E-state index is 12.2. The predicted molar refractivity (Wildman–Crippen MR) is 103 cm³/mol. The molecule has 0 aromatic heterocycles. The van der Waals surface area contributed by atoms with Crippen molar-refractivity contribution in [2.24, 2.45) is 0 Å². The lowest BCUT2D eigenvalue weighted by atomic mass is 10.2. The van der Waals surface area contributed by atoms with Crippen LogP contribution >= 0.6 is 0 Å². The van der Waals surface area contributed by atoms with E-state index in [0.29, 0.717) is 6.61 Å². The summed E-state index contributed by atoms with van der Waals surface area (Å²) in [6.45, 7) is 4.81. The minimum absolute atomic E-state index is 0.0504. The number of amides is 1. The second kappa shape index (κ2) is 9.36. The summed E-state index contributed by atoms with van der Waals surface area (Å²) in [5.74, 6) is 0. The highest BCUT2D eigenvalue weighted by Crippen LogP contribution is 2.09. The topological polar surface area (TPSA) is 44.8 Å². The number of ether oxygens (including phenoxy) is 1. The lowest BCUT2D eigenvalue weighted by molar-refractivity contribution is 0.131. The summed E-state index contributed by atoms with van der Waals surface area (Å²) in [7, 11) is 2.09. The molecule has 0 spiro atoms. The minimum Gasteiger partial charge on any atom is -0.445 e. The van der Waals surface area contributed by atoms with E-state index >= 15 is 0 Å². The second-order valence-corrected chi connectivity index (χ2v) is 6.89. The first-order chi connectivity index (χ1) is 12.7. The molecule has 5 heteroatoms. The van der Waals surface area contributed by atoms with Crippen molar-refractivity contribution >= 4 is 6.09 Å². The Labute approximate surface area is 155 Å². The molecule has 0 radical (unpaired) electrons. The van der Waals surface area contributed by atoms with Gasteiger partial charge in [0, 0.05) is 32.7 Å². The van der Waals surface area contributed by atoms with Crippen LogP contribution in [-0.4, -0.2) is 55.2 Å². The summed E-state index contributed by atoms with van der Waals surface area (Å²) in [4.78, 5) is 16.8. The number of alkyl carbamates (subject to hydrolysis) is 1. The van der Waals surface area contributed by atoms with Gasteiger partial charge < -0.3 is 15.0 Å². The summed E-state index contributed by atoms with van der Waals surface area (Å²) in [5.41, 5.74) is 2.29. The summed E-state index contributed by atoms with van der Waals surface area (Å²) in [6.07, 6.45) is -0.353. The van der Waals surface area contributed by atoms with Crippen LogP contribution in [0.15, 0.2) is 60.7 Å². The van der Waals surface area contributed by atoms with Gasteiger partial charge in [-0.05, 0) is 18.2 Å². The zero-order valence-corrected chi connectivity index (χ0v) is 15.3. The molecule has 1 N–H and O–H groups in total. The molecule has 1 heterocycles. The Morgan fingerprint density at radius 1 is 1.00 bits per heavy atom. The monoisotopic (exact) mass is 353 g/mol. The van der Waals surface area contributed by atoms with Gasteiger partial charge in [0.05, 0.1) is 6.04 Å². The van der Waals surface area contributed by atoms with Crippen molar-refractivity contribution in [3.63, 3.8) is 0 Å². The second-order valence-electron chi connectivity index (χ2n) is 6.89. The third-order valence-electron chi connectivity index (χ3n) is 4.59. The van der Waals surface area contributed by atoms with Crippen molar-refractivity contribution in [2.75, 3.05) is 33.2 Å². The molecule has 0 aliphatic carbocycles. The molecule has 1 saturated heterocycles. The first-order valence-corrected chi connectivity index (χ1v) is 9.11. The largest absolute Gasteiger partial charge is 0.445 e. The van der Waals surface area contributed by atoms with Crippen LogP contribution in [0, 0.1) is 0 Å². The molecule has 1 atom stereocenters. The lowest BCUT2D eigenvalue weighted by Crippen LogP contribution is -2.46. The van der Waals surface area contributed by atoms with E-state index in [-0.39, 0.29) is 12.1 Å². The van der Waals surface area contributed by atoms with Gasteiger partial charge in [0.15, 0.2) is 0 Å². The van der Waals surface area contributed by atoms with Crippen LogP contribution in [0.25, 0.3) is 0 Å². The summed E-state index contributed by atoms with van der Waals surface area (Å²) in [5, 5.41) is 3.03. The highest BCUT2D eigenvalue weighted by molar-refractivity contribution is 5.67. The first kappa shape index (κ1) is 18.4. The van der Waals surface area contributed by atoms with Gasteiger partial charge in [0.2, 0.25) is 0 Å². The molecule has 2 aromatic rings. The molecule has 5 nitrogen and oxygen atoms in total. The van der Waals surface area contributed by atoms with Crippen molar-refractivity contribution in [3.05, 3.63) is 71.8 Å². The number of likely N-dealkylation sites (N-methyl/N-ethyl adjacent to an activating group) is 1. The number of carbonyl (C=O) groups is 1. The third-order valence-corrected chi connectivity index (χ3v) is 4.59. The molecular formula is C21H27N3O2. The minimum atomic E-state index is -0.353. The van der Waals surface area contributed by atoms with Gasteiger partial charge in [0.25, 0.3) is 0 Å². The Kier molecular flexibility index (Phi) is 6.63. The van der Waals surface area contributed by atoms with E-state index in [9.17, 15) is 4.79 Å². The standard InChI is InChI=1S/C21H27N3O2/c1-23-12-13-24(14-18-8-4-2-5-9-18)16-20(15-23)22-21(25)26-17-19-10-6-3-7-11-19/h2-11,20H,12-17H2,1H3,(H,22,25). The third kappa shape index (κ3) is 5.86. The van der Waals surface area contributed by atoms with Crippen molar-refractivity contribution in [3.8, 4) is 0 Å². The van der Waals surface area contributed by atoms with Gasteiger partial charge in [-0.25, -0.2) is 4.79 Å². The maximum Gasteiger partial charge on any atom is 0.407 e. The molecule has 2 aromatic carbocycles. The van der Waals surface area contributed by atoms with Gasteiger partial charge in [-0.2, -0.15) is 0 Å². The van der Waals surface area contributed by atoms with Crippen LogP contribution in [0.1, 0.15) is 11.1 Å². The summed E-state index contributed by atoms with van der Waals surface area (Å²) >= 11 is 0. The van der Waals surface area contributed by atoms with Gasteiger partial charge in [0.1, 0.15) is 6.61 Å². The number of carbonyl (C=O) groups excluding carboxylic acids is 1. The van der Waals surface area contributed by atoms with E-state index < -0.39 is 0 Å². The van der Waals surface area contributed by atoms with E-state index in [1.54, 1.807) is 0 Å². The zero-order valence-electron chi connectivity index (χ0n) is 15.3. The molecule has 1 unspecified atom stereocenters. The molecule has 1 aliphatic heterocycles. The van der Waals surface area contributed by atoms with Crippen LogP contribution in [0.4, 0.5) is 4.79 Å². The van der Waals surface area contributed by atoms with Gasteiger partial charge in [-0.3, -0.25) is 4.90 Å². The molecule has 138 valence electrons. The number of hydrogen-bond donors (Lipinski definition) is 1. The Balaban J connectivity index is 1.52. The fourth-order valence-electron chi connectivity index (χ4n) is 3.25. The maximum atomic E-state index is 12.2. The van der Waals surface area contributed by atoms with E-state index in [4.69, 9.17) is 4.74 Å². The molecular weight excluding hydrogens is 326 g/mol. The smallest absolute Gasteiger partial charge is 0.407 e. The molecule has 1 amide bonds. The summed E-state index contributed by atoms with van der Waals surface area (Å²) < 4.78 is 5.37. The highest BCUT2D eigenvalue weighted by Gasteiger charge is 2.23. The number of nitrogens with one attached hydrogen (secondary N) is 1. The molecule has 1 aliphatic rings. The fraction of sp³-hybridized carbons (Fsp3) is 0.381. The number of rotatable bonds is 5. The number of nitrogens with zero attached hydrogens (tertiary/aromatic N) is 2. The molecule has 1 fully saturated rings. The Bertz CT molecular complexity index is 678. The lowest BCUT2D eigenvalue weighted by Gasteiger charge is -2.24. The van der Waals surface area contributed by atoms with E-state index in [2.05, 4.69) is 46.4 Å². The number of benzene rings is 2. The Morgan fingerprint density at radius 2 is 1.65 bits per heavy atom. The zero-order chi connectivity index (χ0) is 18.2. The van der Waals surface area contributed by atoms with Crippen molar-refractivity contribution < 1.29 is 9.53 Å². The van der Waals surface area contributed by atoms with Crippen molar-refractivity contribution in [1.82, 2.24) is 15.1 Å². The number of hydrogen-bond acceptors (Lipinski definition) is 4. The van der Waals surface area contributed by atoms with Gasteiger partial charge in [-0.15, -0.1) is 0 Å². The first-order valence-electron chi connectivity index (χ1n) is 9.11. The van der Waals surface area contributed by atoms with Crippen LogP contribution in [0.2, 0.25) is 0 Å². The van der Waals surface area contributed by atoms with Crippen LogP contribution in [-0.2, 0) is 17.9 Å². The van der Waals surface area contributed by atoms with E-state index in [0.717, 1.165) is 38.3 Å². The molecule has 0 bridgehead atoms. The highest BCUT2D eigenvalue weighted by atomic mass is 16.5. The quantitative estimate of drug-likeness (QED) is 0.898. The van der Waals surface area contributed by atoms with Crippen molar-refractivity contribution in [1.29, 1.82) is 0 Å². The molecule has 26 heavy (non-hydrogen) atoms. The fourth-order valence-corrected chi connectivity index (χ4v) is 3.25. The van der Waals surface area contributed by atoms with E-state index in [1.165, 1.54) is 5.56 Å². The van der Waals surface area contributed by atoms with Crippen LogP contribution in [0.3, 0.4) is 0 Å². The SMILES string of the molecule is CN1CCN(Cc2ccccc2)CC(NC(=O)OCc2ccccc2)C1. The van der Waals surface area contributed by atoms with Gasteiger partial charge >= 0.3 is 6.09 Å². The van der Waals surface area contributed by atoms with Crippen LogP contribution in [0.5, 0.6) is 0 Å². The summed E-state index contributed by atoms with van der Waals surface area (Å²) in [6, 6.07) is 20.2. The van der Waals surface area contributed by atoms with Crippen LogP contribution < -0.4 is 5.32 Å². The predicted octanol–water partition coefficient (Wildman–Crippen LogP) is 2.73. The average molecular weight is 353 g/mol. The Hall–Kier alpha value is -2.37. The normalized spacial score (nSPS) is 18.9. The molecule has 0 saturated carbocycles. The van der Waals surface area contributed by atoms with Crippen molar-refractivity contribution in [2.45, 2.75) is 19.2 Å². The molecule has 3 rings (SSSR count). The average Bonchev–Trinajstić information content (AvgIpc) is 2.82. The van der Waals surface area contributed by atoms with E-state index in [1.807, 2.05) is 36.4 Å².